The van der Waals surface area contributed by atoms with Crippen LogP contribution in [0.1, 0.15) is 17.3 Å². The Labute approximate surface area is 86.5 Å². The highest BCUT2D eigenvalue weighted by molar-refractivity contribution is 8.13. The highest BCUT2D eigenvalue weighted by Crippen LogP contribution is 2.18. The summed E-state index contributed by atoms with van der Waals surface area (Å²) in [6.07, 6.45) is 0. The number of thioether (sulfide) groups is 1. The highest BCUT2D eigenvalue weighted by atomic mass is 32.2. The first kappa shape index (κ1) is 10.8. The summed E-state index contributed by atoms with van der Waals surface area (Å²) >= 11 is 1.14. The molecule has 1 rings (SSSR count). The van der Waals surface area contributed by atoms with E-state index >= 15 is 0 Å². The molecular formula is C10H10O3S. The Kier molecular flexibility index (Phi) is 3.71. The molecule has 0 aliphatic carbocycles. The lowest BCUT2D eigenvalue weighted by Gasteiger charge is -2.00. The van der Waals surface area contributed by atoms with E-state index in [1.165, 1.54) is 14.0 Å². The lowest BCUT2D eigenvalue weighted by Crippen LogP contribution is -2.00. The Balaban J connectivity index is 2.78. The van der Waals surface area contributed by atoms with Gasteiger partial charge >= 0.3 is 5.97 Å². The maximum Gasteiger partial charge on any atom is 0.337 e. The summed E-state index contributed by atoms with van der Waals surface area (Å²) in [6.45, 7) is 1.50. The molecule has 0 aliphatic heterocycles. The fraction of sp³-hybridized carbons (Fsp3) is 0.200. The molecule has 0 atom stereocenters. The van der Waals surface area contributed by atoms with Gasteiger partial charge in [-0.15, -0.1) is 0 Å². The number of esters is 1. The lowest BCUT2D eigenvalue weighted by atomic mass is 10.2. The van der Waals surface area contributed by atoms with Crippen LogP contribution in [-0.4, -0.2) is 18.2 Å². The minimum absolute atomic E-state index is 0.0239. The third kappa shape index (κ3) is 2.88. The summed E-state index contributed by atoms with van der Waals surface area (Å²) in [6, 6.07) is 6.71. The van der Waals surface area contributed by atoms with Crippen LogP contribution in [0.2, 0.25) is 0 Å². The summed E-state index contributed by atoms with van der Waals surface area (Å²) in [5, 5.41) is 0.0239. The number of hydrogen-bond donors (Lipinski definition) is 0. The molecule has 0 fully saturated rings. The van der Waals surface area contributed by atoms with Gasteiger partial charge in [0.2, 0.25) is 0 Å². The third-order valence-corrected chi connectivity index (χ3v) is 2.33. The van der Waals surface area contributed by atoms with Crippen molar-refractivity contribution in [3.05, 3.63) is 29.8 Å². The Hall–Kier alpha value is -1.29. The van der Waals surface area contributed by atoms with E-state index < -0.39 is 0 Å². The van der Waals surface area contributed by atoms with Crippen molar-refractivity contribution in [1.82, 2.24) is 0 Å². The molecule has 0 amide bonds. The van der Waals surface area contributed by atoms with Crippen molar-refractivity contribution in [2.45, 2.75) is 11.8 Å². The molecule has 74 valence electrons. The molecule has 0 spiro atoms. The SMILES string of the molecule is COC(=O)c1ccc(SC(C)=O)cc1. The maximum atomic E-state index is 11.1. The average molecular weight is 210 g/mol. The van der Waals surface area contributed by atoms with Crippen LogP contribution >= 0.6 is 11.8 Å². The van der Waals surface area contributed by atoms with Crippen molar-refractivity contribution in [3.63, 3.8) is 0 Å². The molecule has 3 nitrogen and oxygen atoms in total. The van der Waals surface area contributed by atoms with Gasteiger partial charge in [-0.25, -0.2) is 4.79 Å². The minimum atomic E-state index is -0.371. The zero-order valence-electron chi connectivity index (χ0n) is 7.94. The van der Waals surface area contributed by atoms with Crippen molar-refractivity contribution >= 4 is 22.8 Å². The first-order valence-electron chi connectivity index (χ1n) is 4.00. The normalized spacial score (nSPS) is 9.57. The number of carbonyl (C=O) groups is 2. The molecule has 1 aromatic rings. The Morgan fingerprint density at radius 2 is 1.79 bits per heavy atom. The highest BCUT2D eigenvalue weighted by Gasteiger charge is 2.05. The number of ether oxygens (including phenoxy) is 1. The zero-order valence-corrected chi connectivity index (χ0v) is 8.76. The monoisotopic (exact) mass is 210 g/mol. The molecule has 1 aromatic carbocycles. The van der Waals surface area contributed by atoms with Crippen molar-refractivity contribution in [3.8, 4) is 0 Å². The van der Waals surface area contributed by atoms with E-state index in [9.17, 15) is 9.59 Å². The molecule has 4 heteroatoms. The molecule has 0 unspecified atom stereocenters. The number of rotatable bonds is 2. The van der Waals surface area contributed by atoms with Crippen LogP contribution in [0.3, 0.4) is 0 Å². The predicted molar refractivity (Wildman–Crippen MR) is 54.3 cm³/mol. The van der Waals surface area contributed by atoms with E-state index in [1.807, 2.05) is 0 Å². The molecule has 0 aromatic heterocycles. The Morgan fingerprint density at radius 3 is 2.21 bits per heavy atom. The number of carbonyl (C=O) groups excluding carboxylic acids is 2. The van der Waals surface area contributed by atoms with Gasteiger partial charge < -0.3 is 4.74 Å². The second-order valence-electron chi connectivity index (χ2n) is 2.61. The standard InChI is InChI=1S/C10H10O3S/c1-7(11)14-9-5-3-8(4-6-9)10(12)13-2/h3-6H,1-2H3. The summed E-state index contributed by atoms with van der Waals surface area (Å²) in [7, 11) is 1.33. The molecule has 0 aliphatic rings. The zero-order chi connectivity index (χ0) is 10.6. The van der Waals surface area contributed by atoms with Crippen LogP contribution in [0.15, 0.2) is 29.2 Å². The van der Waals surface area contributed by atoms with Gasteiger partial charge in [-0.05, 0) is 24.3 Å². The fourth-order valence-electron chi connectivity index (χ4n) is 0.943. The van der Waals surface area contributed by atoms with Crippen molar-refractivity contribution in [2.24, 2.45) is 0 Å². The molecule has 0 heterocycles. The topological polar surface area (TPSA) is 43.4 Å². The first-order chi connectivity index (χ1) is 6.63. The van der Waals surface area contributed by atoms with Crippen LogP contribution in [0, 0.1) is 0 Å². The van der Waals surface area contributed by atoms with Crippen LogP contribution in [0.4, 0.5) is 0 Å². The van der Waals surface area contributed by atoms with E-state index in [-0.39, 0.29) is 11.1 Å². The van der Waals surface area contributed by atoms with E-state index in [2.05, 4.69) is 4.74 Å². The van der Waals surface area contributed by atoms with Gasteiger partial charge in [-0.1, -0.05) is 11.8 Å². The van der Waals surface area contributed by atoms with Gasteiger partial charge in [0.05, 0.1) is 12.7 Å². The van der Waals surface area contributed by atoms with E-state index in [4.69, 9.17) is 0 Å². The molecule has 0 bridgehead atoms. The van der Waals surface area contributed by atoms with Gasteiger partial charge in [0.1, 0.15) is 0 Å². The molecule has 0 saturated heterocycles. The second kappa shape index (κ2) is 4.81. The molecule has 0 N–H and O–H groups in total. The minimum Gasteiger partial charge on any atom is -0.465 e. The Bertz CT molecular complexity index is 343. The fourth-order valence-corrected chi connectivity index (χ4v) is 1.55. The van der Waals surface area contributed by atoms with E-state index in [1.54, 1.807) is 24.3 Å². The smallest absolute Gasteiger partial charge is 0.337 e. The Morgan fingerprint density at radius 1 is 1.21 bits per heavy atom. The number of methoxy groups -OCH3 is 1. The third-order valence-electron chi connectivity index (χ3n) is 1.54. The van der Waals surface area contributed by atoms with Gasteiger partial charge in [0, 0.05) is 11.8 Å². The average Bonchev–Trinajstić information content (AvgIpc) is 2.17. The van der Waals surface area contributed by atoms with Crippen LogP contribution < -0.4 is 0 Å². The largest absolute Gasteiger partial charge is 0.465 e. The molecular weight excluding hydrogens is 200 g/mol. The quantitative estimate of drug-likeness (QED) is 0.554. The second-order valence-corrected chi connectivity index (χ2v) is 3.86. The van der Waals surface area contributed by atoms with Crippen LogP contribution in [0.25, 0.3) is 0 Å². The summed E-state index contributed by atoms with van der Waals surface area (Å²) in [5.41, 5.74) is 0.486. The maximum absolute atomic E-state index is 11.1. The lowest BCUT2D eigenvalue weighted by molar-refractivity contribution is -0.109. The van der Waals surface area contributed by atoms with E-state index in [0.29, 0.717) is 5.56 Å². The van der Waals surface area contributed by atoms with Crippen LogP contribution in [0.5, 0.6) is 0 Å². The number of benzene rings is 1. The predicted octanol–water partition coefficient (Wildman–Crippen LogP) is 2.11. The van der Waals surface area contributed by atoms with Crippen molar-refractivity contribution in [2.75, 3.05) is 7.11 Å². The first-order valence-corrected chi connectivity index (χ1v) is 4.82. The van der Waals surface area contributed by atoms with E-state index in [0.717, 1.165) is 16.7 Å². The van der Waals surface area contributed by atoms with Gasteiger partial charge in [0.15, 0.2) is 5.12 Å². The number of hydrogen-bond acceptors (Lipinski definition) is 4. The van der Waals surface area contributed by atoms with Gasteiger partial charge in [-0.2, -0.15) is 0 Å². The molecule has 0 saturated carbocycles. The van der Waals surface area contributed by atoms with Crippen LogP contribution in [-0.2, 0) is 9.53 Å². The van der Waals surface area contributed by atoms with Crippen molar-refractivity contribution in [1.29, 1.82) is 0 Å². The van der Waals surface area contributed by atoms with Gasteiger partial charge in [0.25, 0.3) is 0 Å². The summed E-state index contributed by atoms with van der Waals surface area (Å²) in [5.74, 6) is -0.371. The van der Waals surface area contributed by atoms with Gasteiger partial charge in [-0.3, -0.25) is 4.79 Å². The summed E-state index contributed by atoms with van der Waals surface area (Å²) in [4.78, 5) is 22.6. The van der Waals surface area contributed by atoms with Crippen molar-refractivity contribution < 1.29 is 14.3 Å². The molecule has 0 radical (unpaired) electrons. The summed E-state index contributed by atoms with van der Waals surface area (Å²) < 4.78 is 4.54. The molecule has 14 heavy (non-hydrogen) atoms.